The first-order chi connectivity index (χ1) is 8.36. The van der Waals surface area contributed by atoms with E-state index in [2.05, 4.69) is 11.1 Å². The third kappa shape index (κ3) is 2.26. The highest BCUT2D eigenvalue weighted by Crippen LogP contribution is 2.27. The molecule has 17 heavy (non-hydrogen) atoms. The van der Waals surface area contributed by atoms with Crippen molar-refractivity contribution < 1.29 is 4.74 Å². The molecular weight excluding hydrogens is 212 g/mol. The van der Waals surface area contributed by atoms with Crippen LogP contribution in [0.5, 0.6) is 5.75 Å². The molecule has 1 aromatic carbocycles. The molecule has 84 valence electrons. The fraction of sp³-hybridized carbons (Fsp3) is 0.143. The van der Waals surface area contributed by atoms with Crippen LogP contribution in [-0.4, -0.2) is 11.6 Å². The molecule has 0 saturated heterocycles. The van der Waals surface area contributed by atoms with Gasteiger partial charge in [-0.05, 0) is 13.0 Å². The van der Waals surface area contributed by atoms with Crippen molar-refractivity contribution in [2.75, 3.05) is 6.61 Å². The monoisotopic (exact) mass is 224 g/mol. The molecule has 0 aliphatic rings. The Bertz CT molecular complexity index is 544. The zero-order chi connectivity index (χ0) is 12.1. The lowest BCUT2D eigenvalue weighted by molar-refractivity contribution is 0.339. The summed E-state index contributed by atoms with van der Waals surface area (Å²) in [6.07, 6.45) is 1.66. The van der Waals surface area contributed by atoms with Crippen molar-refractivity contribution in [3.05, 3.63) is 48.2 Å². The maximum Gasteiger partial charge on any atom is 0.140 e. The Labute approximate surface area is 100 Å². The van der Waals surface area contributed by atoms with Crippen LogP contribution in [-0.2, 0) is 0 Å². The van der Waals surface area contributed by atoms with Gasteiger partial charge in [0.25, 0.3) is 0 Å². The predicted molar refractivity (Wildman–Crippen MR) is 65.6 cm³/mol. The minimum absolute atomic E-state index is 0.487. The van der Waals surface area contributed by atoms with Crippen LogP contribution >= 0.6 is 0 Å². The highest BCUT2D eigenvalue weighted by molar-refractivity contribution is 5.69. The highest BCUT2D eigenvalue weighted by Gasteiger charge is 2.11. The van der Waals surface area contributed by atoms with Gasteiger partial charge in [0, 0.05) is 11.8 Å². The van der Waals surface area contributed by atoms with Gasteiger partial charge < -0.3 is 4.74 Å². The average molecular weight is 224 g/mol. The number of hydrogen-bond acceptors (Lipinski definition) is 3. The predicted octanol–water partition coefficient (Wildman–Crippen LogP) is 3.02. The first-order valence-corrected chi connectivity index (χ1v) is 5.44. The molecule has 3 heteroatoms. The number of aromatic nitrogens is 1. The molecule has 0 unspecified atom stereocenters. The summed E-state index contributed by atoms with van der Waals surface area (Å²) in [6, 6.07) is 13.5. The largest absolute Gasteiger partial charge is 0.492 e. The maximum absolute atomic E-state index is 9.22. The third-order valence-corrected chi connectivity index (χ3v) is 2.37. The summed E-state index contributed by atoms with van der Waals surface area (Å²) in [5, 5.41) is 9.22. The second-order valence-electron chi connectivity index (χ2n) is 3.44. The summed E-state index contributed by atoms with van der Waals surface area (Å²) in [5.74, 6) is 0.587. The van der Waals surface area contributed by atoms with Crippen molar-refractivity contribution in [1.82, 2.24) is 4.98 Å². The maximum atomic E-state index is 9.22. The van der Waals surface area contributed by atoms with Crippen molar-refractivity contribution in [2.45, 2.75) is 6.92 Å². The Kier molecular flexibility index (Phi) is 3.37. The molecule has 0 saturated carbocycles. The minimum atomic E-state index is 0.487. The van der Waals surface area contributed by atoms with Crippen LogP contribution < -0.4 is 4.74 Å². The summed E-state index contributed by atoms with van der Waals surface area (Å²) in [6.45, 7) is 2.43. The quantitative estimate of drug-likeness (QED) is 0.805. The molecular formula is C14H12N2O. The SMILES string of the molecule is CCOc1ccnc(-c2ccccc2)c1C#N. The molecule has 0 amide bonds. The van der Waals surface area contributed by atoms with E-state index in [0.29, 0.717) is 23.6 Å². The van der Waals surface area contributed by atoms with Crippen LogP contribution in [0.1, 0.15) is 12.5 Å². The smallest absolute Gasteiger partial charge is 0.140 e. The summed E-state index contributed by atoms with van der Waals surface area (Å²) in [7, 11) is 0. The van der Waals surface area contributed by atoms with Gasteiger partial charge in [-0.3, -0.25) is 4.98 Å². The van der Waals surface area contributed by atoms with Crippen molar-refractivity contribution >= 4 is 0 Å². The van der Waals surface area contributed by atoms with Crippen molar-refractivity contribution in [3.63, 3.8) is 0 Å². The Morgan fingerprint density at radius 1 is 1.24 bits per heavy atom. The number of nitriles is 1. The Morgan fingerprint density at radius 3 is 2.65 bits per heavy atom. The van der Waals surface area contributed by atoms with Gasteiger partial charge in [-0.15, -0.1) is 0 Å². The van der Waals surface area contributed by atoms with Gasteiger partial charge in [0.15, 0.2) is 0 Å². The first kappa shape index (κ1) is 11.2. The number of pyridine rings is 1. The second kappa shape index (κ2) is 5.13. The van der Waals surface area contributed by atoms with Gasteiger partial charge in [0.2, 0.25) is 0 Å². The molecule has 0 N–H and O–H groups in total. The molecule has 1 heterocycles. The van der Waals surface area contributed by atoms with Gasteiger partial charge in [0.1, 0.15) is 17.4 Å². The van der Waals surface area contributed by atoms with Crippen LogP contribution in [0, 0.1) is 11.3 Å². The van der Waals surface area contributed by atoms with E-state index in [-0.39, 0.29) is 0 Å². The zero-order valence-electron chi connectivity index (χ0n) is 9.55. The van der Waals surface area contributed by atoms with Gasteiger partial charge >= 0.3 is 0 Å². The van der Waals surface area contributed by atoms with Gasteiger partial charge in [-0.2, -0.15) is 5.26 Å². The summed E-state index contributed by atoms with van der Waals surface area (Å²) in [5.41, 5.74) is 2.07. The van der Waals surface area contributed by atoms with Gasteiger partial charge in [-0.25, -0.2) is 0 Å². The lowest BCUT2D eigenvalue weighted by Gasteiger charge is -2.08. The number of nitrogens with zero attached hydrogens (tertiary/aromatic N) is 2. The molecule has 3 nitrogen and oxygen atoms in total. The zero-order valence-corrected chi connectivity index (χ0v) is 9.55. The molecule has 0 atom stereocenters. The molecule has 2 aromatic rings. The molecule has 0 spiro atoms. The Hall–Kier alpha value is -2.34. The molecule has 0 aliphatic carbocycles. The Morgan fingerprint density at radius 2 is 2.00 bits per heavy atom. The van der Waals surface area contributed by atoms with E-state index in [0.717, 1.165) is 5.56 Å². The van der Waals surface area contributed by atoms with Crippen LogP contribution in [0.4, 0.5) is 0 Å². The molecule has 2 rings (SSSR count). The van der Waals surface area contributed by atoms with E-state index < -0.39 is 0 Å². The fourth-order valence-electron chi connectivity index (χ4n) is 1.64. The second-order valence-corrected chi connectivity index (χ2v) is 3.44. The topological polar surface area (TPSA) is 45.9 Å². The van der Waals surface area contributed by atoms with Crippen molar-refractivity contribution in [3.8, 4) is 23.1 Å². The number of hydrogen-bond donors (Lipinski definition) is 0. The number of benzene rings is 1. The molecule has 0 radical (unpaired) electrons. The molecule has 1 aromatic heterocycles. The summed E-state index contributed by atoms with van der Waals surface area (Å²) < 4.78 is 5.43. The van der Waals surface area contributed by atoms with Crippen LogP contribution in [0.2, 0.25) is 0 Å². The minimum Gasteiger partial charge on any atom is -0.492 e. The molecule has 0 aliphatic heterocycles. The van der Waals surface area contributed by atoms with Crippen LogP contribution in [0.15, 0.2) is 42.6 Å². The van der Waals surface area contributed by atoms with E-state index in [1.54, 1.807) is 12.3 Å². The lowest BCUT2D eigenvalue weighted by Crippen LogP contribution is -1.97. The third-order valence-electron chi connectivity index (χ3n) is 2.37. The number of rotatable bonds is 3. The van der Waals surface area contributed by atoms with Crippen LogP contribution in [0.3, 0.4) is 0 Å². The Balaban J connectivity index is 2.56. The van der Waals surface area contributed by atoms with Gasteiger partial charge in [0.05, 0.1) is 12.3 Å². The van der Waals surface area contributed by atoms with Crippen molar-refractivity contribution in [1.29, 1.82) is 5.26 Å². The van der Waals surface area contributed by atoms with E-state index >= 15 is 0 Å². The number of ether oxygens (including phenoxy) is 1. The van der Waals surface area contributed by atoms with Gasteiger partial charge in [-0.1, -0.05) is 30.3 Å². The lowest BCUT2D eigenvalue weighted by atomic mass is 10.1. The summed E-state index contributed by atoms with van der Waals surface area (Å²) >= 11 is 0. The van der Waals surface area contributed by atoms with E-state index in [1.807, 2.05) is 37.3 Å². The fourth-order valence-corrected chi connectivity index (χ4v) is 1.64. The first-order valence-electron chi connectivity index (χ1n) is 5.44. The van der Waals surface area contributed by atoms with Crippen molar-refractivity contribution in [2.24, 2.45) is 0 Å². The summed E-state index contributed by atoms with van der Waals surface area (Å²) in [4.78, 5) is 4.26. The molecule has 0 bridgehead atoms. The van der Waals surface area contributed by atoms with E-state index in [1.165, 1.54) is 0 Å². The standard InChI is InChI=1S/C14H12N2O/c1-2-17-13-8-9-16-14(12(13)10-15)11-6-4-3-5-7-11/h3-9H,2H2,1H3. The van der Waals surface area contributed by atoms with E-state index in [4.69, 9.17) is 4.74 Å². The highest BCUT2D eigenvalue weighted by atomic mass is 16.5. The normalized spacial score (nSPS) is 9.65. The molecule has 0 fully saturated rings. The van der Waals surface area contributed by atoms with E-state index in [9.17, 15) is 5.26 Å². The average Bonchev–Trinajstić information content (AvgIpc) is 2.40. The van der Waals surface area contributed by atoms with Crippen LogP contribution in [0.25, 0.3) is 11.3 Å².